The summed E-state index contributed by atoms with van der Waals surface area (Å²) in [6.07, 6.45) is 0. The molecule has 0 bridgehead atoms. The van der Waals surface area contributed by atoms with Crippen molar-refractivity contribution >= 4 is 38.4 Å². The molecule has 0 radical (unpaired) electrons. The molecule has 124 valence electrons. The van der Waals surface area contributed by atoms with Crippen LogP contribution in [-0.2, 0) is 14.6 Å². The van der Waals surface area contributed by atoms with Gasteiger partial charge in [-0.25, -0.2) is 8.42 Å². The minimum Gasteiger partial charge on any atom is -0.315 e. The van der Waals surface area contributed by atoms with Crippen LogP contribution in [0.25, 0.3) is 0 Å². The van der Waals surface area contributed by atoms with Gasteiger partial charge >= 0.3 is 0 Å². The van der Waals surface area contributed by atoms with Gasteiger partial charge in [0.1, 0.15) is 0 Å². The molecule has 2 fully saturated rings. The maximum Gasteiger partial charge on any atom is 0.244 e. The number of carbonyl (C=O) groups excluding carboxylic acids is 1. The number of fused-ring (bicyclic) bond motifs is 1. The number of aliphatic imine (C=N–C) groups is 1. The van der Waals surface area contributed by atoms with E-state index in [9.17, 15) is 13.2 Å². The minimum absolute atomic E-state index is 0.0572. The summed E-state index contributed by atoms with van der Waals surface area (Å²) in [6, 6.07) is 4.01. The molecule has 0 spiro atoms. The molecule has 0 aromatic heterocycles. The molecule has 2 heterocycles. The third-order valence-electron chi connectivity index (χ3n) is 4.20. The van der Waals surface area contributed by atoms with E-state index in [1.54, 1.807) is 0 Å². The van der Waals surface area contributed by atoms with Gasteiger partial charge in [0, 0.05) is 17.9 Å². The number of sulfone groups is 1. The molecule has 2 aliphatic heterocycles. The normalized spacial score (nSPS) is 27.5. The summed E-state index contributed by atoms with van der Waals surface area (Å²) in [6.45, 7) is 7.49. The van der Waals surface area contributed by atoms with E-state index >= 15 is 0 Å². The largest absolute Gasteiger partial charge is 0.315 e. The number of hydrogen-bond acceptors (Lipinski definition) is 4. The number of thioether (sulfide) groups is 1. The molecule has 2 unspecified atom stereocenters. The smallest absolute Gasteiger partial charge is 0.244 e. The fraction of sp³-hybridized carbons (Fsp3) is 0.500. The molecule has 0 aliphatic carbocycles. The van der Waals surface area contributed by atoms with Gasteiger partial charge in [0.05, 0.1) is 17.5 Å². The van der Waals surface area contributed by atoms with Gasteiger partial charge in [-0.1, -0.05) is 29.5 Å². The topological polar surface area (TPSA) is 66.8 Å². The van der Waals surface area contributed by atoms with Gasteiger partial charge in [-0.3, -0.25) is 4.79 Å². The molecule has 2 saturated heterocycles. The first-order valence-electron chi connectivity index (χ1n) is 7.51. The lowest BCUT2D eigenvalue weighted by molar-refractivity contribution is -0.115. The van der Waals surface area contributed by atoms with Gasteiger partial charge in [-0.2, -0.15) is 4.99 Å². The summed E-state index contributed by atoms with van der Waals surface area (Å²) >= 11 is 1.41. The Morgan fingerprint density at radius 2 is 1.83 bits per heavy atom. The van der Waals surface area contributed by atoms with Gasteiger partial charge in [-0.15, -0.1) is 0 Å². The Morgan fingerprint density at radius 1 is 1.22 bits per heavy atom. The lowest BCUT2D eigenvalue weighted by atomic mass is 10.0. The highest BCUT2D eigenvalue weighted by Crippen LogP contribution is 2.43. The van der Waals surface area contributed by atoms with Crippen molar-refractivity contribution in [2.24, 2.45) is 4.99 Å². The van der Waals surface area contributed by atoms with Crippen LogP contribution in [0.2, 0.25) is 0 Å². The van der Waals surface area contributed by atoms with Crippen molar-refractivity contribution in [3.8, 4) is 0 Å². The maximum absolute atomic E-state index is 12.0. The molecule has 1 aromatic rings. The molecule has 0 saturated carbocycles. The van der Waals surface area contributed by atoms with Crippen molar-refractivity contribution < 1.29 is 13.2 Å². The quantitative estimate of drug-likeness (QED) is 0.775. The van der Waals surface area contributed by atoms with Crippen LogP contribution in [0.1, 0.15) is 23.6 Å². The van der Waals surface area contributed by atoms with Crippen molar-refractivity contribution in [3.63, 3.8) is 0 Å². The maximum atomic E-state index is 12.0. The zero-order valence-electron chi connectivity index (χ0n) is 13.7. The SMILES string of the molecule is CC(=O)N=C1SC2CS(=O)(=O)CC2N1c1c(C)cc(C)cc1C. The van der Waals surface area contributed by atoms with E-state index in [1.807, 2.05) is 25.7 Å². The molecule has 1 aromatic carbocycles. The van der Waals surface area contributed by atoms with Gasteiger partial charge in [0.25, 0.3) is 0 Å². The highest BCUT2D eigenvalue weighted by atomic mass is 32.2. The fourth-order valence-electron chi connectivity index (χ4n) is 3.51. The molecule has 2 aliphatic rings. The average Bonchev–Trinajstić information content (AvgIpc) is 2.81. The second-order valence-corrected chi connectivity index (χ2v) is 9.69. The number of anilines is 1. The van der Waals surface area contributed by atoms with Gasteiger partial charge < -0.3 is 4.90 Å². The van der Waals surface area contributed by atoms with Crippen LogP contribution in [0.5, 0.6) is 0 Å². The summed E-state index contributed by atoms with van der Waals surface area (Å²) in [5.74, 6) is 0.0105. The minimum atomic E-state index is -3.03. The summed E-state index contributed by atoms with van der Waals surface area (Å²) in [4.78, 5) is 17.6. The monoisotopic (exact) mass is 352 g/mol. The molecule has 1 amide bonds. The predicted molar refractivity (Wildman–Crippen MR) is 95.1 cm³/mol. The Morgan fingerprint density at radius 3 is 2.39 bits per heavy atom. The van der Waals surface area contributed by atoms with Crippen LogP contribution in [0, 0.1) is 20.8 Å². The lowest BCUT2D eigenvalue weighted by Crippen LogP contribution is -2.38. The van der Waals surface area contributed by atoms with Crippen molar-refractivity contribution in [2.45, 2.75) is 39.0 Å². The predicted octanol–water partition coefficient (Wildman–Crippen LogP) is 2.23. The lowest BCUT2D eigenvalue weighted by Gasteiger charge is -2.28. The molecule has 7 heteroatoms. The summed E-state index contributed by atoms with van der Waals surface area (Å²) in [5.41, 5.74) is 4.29. The second kappa shape index (κ2) is 5.63. The third kappa shape index (κ3) is 3.04. The first-order chi connectivity index (χ1) is 10.7. The molecule has 2 atom stereocenters. The molecular formula is C16H20N2O3S2. The van der Waals surface area contributed by atoms with E-state index in [1.165, 1.54) is 18.7 Å². The first kappa shape index (κ1) is 16.5. The van der Waals surface area contributed by atoms with Crippen LogP contribution in [0.15, 0.2) is 17.1 Å². The highest BCUT2D eigenvalue weighted by Gasteiger charge is 2.49. The molecule has 5 nitrogen and oxygen atoms in total. The van der Waals surface area contributed by atoms with Crippen LogP contribution >= 0.6 is 11.8 Å². The van der Waals surface area contributed by atoms with E-state index in [2.05, 4.69) is 17.1 Å². The highest BCUT2D eigenvalue weighted by molar-refractivity contribution is 8.16. The van der Waals surface area contributed by atoms with E-state index in [4.69, 9.17) is 0 Å². The Balaban J connectivity index is 2.14. The summed E-state index contributed by atoms with van der Waals surface area (Å²) in [5, 5.41) is 0.565. The Labute approximate surface area is 141 Å². The van der Waals surface area contributed by atoms with E-state index < -0.39 is 9.84 Å². The van der Waals surface area contributed by atoms with Crippen molar-refractivity contribution in [1.29, 1.82) is 0 Å². The number of nitrogens with zero attached hydrogens (tertiary/aromatic N) is 2. The average molecular weight is 352 g/mol. The summed E-state index contributed by atoms with van der Waals surface area (Å²) in [7, 11) is -3.03. The summed E-state index contributed by atoms with van der Waals surface area (Å²) < 4.78 is 24.1. The van der Waals surface area contributed by atoms with Crippen molar-refractivity contribution in [3.05, 3.63) is 28.8 Å². The number of benzene rings is 1. The number of hydrogen-bond donors (Lipinski definition) is 0. The zero-order chi connectivity index (χ0) is 16.9. The van der Waals surface area contributed by atoms with Gasteiger partial charge in [0.15, 0.2) is 15.0 Å². The fourth-order valence-corrected chi connectivity index (χ4v) is 7.46. The zero-order valence-corrected chi connectivity index (χ0v) is 15.3. The number of amidine groups is 1. The Hall–Kier alpha value is -1.34. The van der Waals surface area contributed by atoms with E-state index in [0.717, 1.165) is 22.4 Å². The third-order valence-corrected chi connectivity index (χ3v) is 7.41. The number of amides is 1. The standard InChI is InChI=1S/C16H20N2O3S2/c1-9-5-10(2)15(11(3)6-9)18-13-7-23(20,21)8-14(13)22-16(18)17-12(4)19/h5-6,13-14H,7-8H2,1-4H3. The Bertz CT molecular complexity index is 792. The van der Waals surface area contributed by atoms with Gasteiger partial charge in [0.2, 0.25) is 5.91 Å². The van der Waals surface area contributed by atoms with Crippen LogP contribution in [-0.4, -0.2) is 42.3 Å². The molecule has 23 heavy (non-hydrogen) atoms. The van der Waals surface area contributed by atoms with Gasteiger partial charge in [-0.05, 0) is 31.9 Å². The number of carbonyl (C=O) groups is 1. The van der Waals surface area contributed by atoms with Crippen molar-refractivity contribution in [1.82, 2.24) is 0 Å². The number of rotatable bonds is 1. The molecular weight excluding hydrogens is 332 g/mol. The van der Waals surface area contributed by atoms with Crippen LogP contribution in [0.3, 0.4) is 0 Å². The molecule has 0 N–H and O–H groups in total. The first-order valence-corrected chi connectivity index (χ1v) is 10.2. The molecule has 3 rings (SSSR count). The van der Waals surface area contributed by atoms with Crippen LogP contribution < -0.4 is 4.90 Å². The van der Waals surface area contributed by atoms with Crippen molar-refractivity contribution in [2.75, 3.05) is 16.4 Å². The van der Waals surface area contributed by atoms with E-state index in [-0.39, 0.29) is 28.7 Å². The van der Waals surface area contributed by atoms with Crippen LogP contribution in [0.4, 0.5) is 5.69 Å². The van der Waals surface area contributed by atoms with E-state index in [0.29, 0.717) is 5.17 Å². The number of aryl methyl sites for hydroxylation is 3. The second-order valence-electron chi connectivity index (χ2n) is 6.33. The Kier molecular flexibility index (Phi) is 4.04.